The van der Waals surface area contributed by atoms with Crippen molar-refractivity contribution in [1.29, 1.82) is 0 Å². The number of allylic oxidation sites excluding steroid dienone is 2. The van der Waals surface area contributed by atoms with E-state index in [1.807, 2.05) is 26.8 Å². The highest BCUT2D eigenvalue weighted by molar-refractivity contribution is 5.95. The Bertz CT molecular complexity index is 1730. The molecule has 19 atom stereocenters. The van der Waals surface area contributed by atoms with E-state index in [9.17, 15) is 60.0 Å². The van der Waals surface area contributed by atoms with E-state index < -0.39 is 107 Å². The van der Waals surface area contributed by atoms with E-state index >= 15 is 0 Å². The van der Waals surface area contributed by atoms with Crippen molar-refractivity contribution in [1.82, 2.24) is 0 Å². The summed E-state index contributed by atoms with van der Waals surface area (Å²) in [5, 5.41) is 83.0. The van der Waals surface area contributed by atoms with Gasteiger partial charge in [-0.3, -0.25) is 9.59 Å². The van der Waals surface area contributed by atoms with Gasteiger partial charge in [-0.25, -0.2) is 9.59 Å². The number of fused-ring (bicyclic) bond motifs is 7. The lowest BCUT2D eigenvalue weighted by Gasteiger charge is -2.70. The fraction of sp³-hybridized carbons (Fsp3) is 0.857. The smallest absolute Gasteiger partial charge is 0.335 e. The van der Waals surface area contributed by atoms with Crippen molar-refractivity contribution < 1.29 is 79.0 Å². The van der Waals surface area contributed by atoms with Gasteiger partial charge in [0, 0.05) is 5.92 Å². The van der Waals surface area contributed by atoms with Crippen LogP contribution in [0.15, 0.2) is 11.6 Å². The van der Waals surface area contributed by atoms with Crippen LogP contribution < -0.4 is 0 Å². The number of aliphatic carboxylic acids is 3. The number of ketones is 1. The molecule has 0 aromatic rings. The molecule has 0 bridgehead atoms. The van der Waals surface area contributed by atoms with Gasteiger partial charge >= 0.3 is 17.9 Å². The van der Waals surface area contributed by atoms with Crippen molar-refractivity contribution in [3.05, 3.63) is 11.6 Å². The van der Waals surface area contributed by atoms with Crippen molar-refractivity contribution in [3.8, 4) is 0 Å². The number of carbonyl (C=O) groups excluding carboxylic acids is 1. The molecular weight excluding hydrogens is 760 g/mol. The summed E-state index contributed by atoms with van der Waals surface area (Å²) >= 11 is 0. The molecule has 5 aliphatic carbocycles. The van der Waals surface area contributed by atoms with Gasteiger partial charge in [-0.2, -0.15) is 0 Å². The standard InChI is InChI=1S/C42H62O16/c1-37(2)21-8-11-42(7)31(20(43)16-18-19-17-39(4,36(53)54)13-12-38(19,3)14-15-41(18,42)6)40(21,5)10-9-22(37)55-35-30(26(47)25(46)29(57-35)33(51)52)58-34-27(48)23(44)24(45)28(56-34)32(49)50/h16,19,21-31,34-35,44-48H,8-15,17H2,1-7H3,(H,49,50)(H,51,52)(H,53,54)/t19-,21+,22+,23-,24+,25+,26-,27?,28?,29?,30?,31-,34+,35+,38-,39+,40+,41-,42-/m1/s1. The summed E-state index contributed by atoms with van der Waals surface area (Å²) in [7, 11) is 0. The van der Waals surface area contributed by atoms with Crippen LogP contribution in [0, 0.1) is 50.2 Å². The number of carboxylic acids is 3. The normalized spacial score (nSPS) is 52.6. The number of hydrogen-bond donors (Lipinski definition) is 8. The second kappa shape index (κ2) is 14.3. The SMILES string of the molecule is CC1(C)[C@@H](O[C@H]2OC(C(=O)O)[C@@H](O)[C@@H](O)C2O[C@@H]2OC(C(=O)O)[C@@H](O)[C@@H](O)C2O)CC[C@]2(C)[C@H]3C(=O)C=C4[C@H]5C[C@@](C)(C(=O)O)CC[C@]5(C)CC[C@@]4(C)[C@]3(C)CC[C@@H]12. The van der Waals surface area contributed by atoms with E-state index in [4.69, 9.17) is 18.9 Å². The third-order valence-corrected chi connectivity index (χ3v) is 17.2. The number of ether oxygens (including phenoxy) is 4. The van der Waals surface area contributed by atoms with Gasteiger partial charge in [0.05, 0.1) is 11.5 Å². The van der Waals surface area contributed by atoms with E-state index in [-0.39, 0.29) is 34.4 Å². The minimum atomic E-state index is -2.05. The van der Waals surface area contributed by atoms with Gasteiger partial charge in [-0.05, 0) is 110 Å². The van der Waals surface area contributed by atoms with Crippen LogP contribution in [0.4, 0.5) is 0 Å². The molecule has 58 heavy (non-hydrogen) atoms. The average Bonchev–Trinajstić information content (AvgIpc) is 3.13. The molecule has 16 heteroatoms. The van der Waals surface area contributed by atoms with Crippen LogP contribution in [0.1, 0.15) is 106 Å². The summed E-state index contributed by atoms with van der Waals surface area (Å²) in [6.07, 6.45) is -12.2. The van der Waals surface area contributed by atoms with Gasteiger partial charge in [0.2, 0.25) is 0 Å². The van der Waals surface area contributed by atoms with Crippen LogP contribution in [0.5, 0.6) is 0 Å². The number of rotatable bonds is 7. The van der Waals surface area contributed by atoms with Gasteiger partial charge in [0.25, 0.3) is 0 Å². The summed E-state index contributed by atoms with van der Waals surface area (Å²) in [6, 6.07) is 0. The Morgan fingerprint density at radius 2 is 1.28 bits per heavy atom. The Hall–Kier alpha value is -2.54. The van der Waals surface area contributed by atoms with Crippen molar-refractivity contribution in [3.63, 3.8) is 0 Å². The minimum absolute atomic E-state index is 0.0217. The molecule has 2 saturated heterocycles. The van der Waals surface area contributed by atoms with E-state index in [0.29, 0.717) is 25.7 Å². The Balaban J connectivity index is 1.17. The summed E-state index contributed by atoms with van der Waals surface area (Å²) < 4.78 is 23.4. The quantitative estimate of drug-likeness (QED) is 0.171. The third kappa shape index (κ3) is 6.25. The van der Waals surface area contributed by atoms with E-state index in [0.717, 1.165) is 37.7 Å². The zero-order valence-corrected chi connectivity index (χ0v) is 34.4. The molecule has 8 N–H and O–H groups in total. The topological polar surface area (TPSA) is 267 Å². The van der Waals surface area contributed by atoms with E-state index in [1.54, 1.807) is 0 Å². The van der Waals surface area contributed by atoms with E-state index in [1.165, 1.54) is 0 Å². The predicted molar refractivity (Wildman–Crippen MR) is 199 cm³/mol. The number of carbonyl (C=O) groups is 4. The first kappa shape index (κ1) is 43.5. The summed E-state index contributed by atoms with van der Waals surface area (Å²) in [5.74, 6) is -4.47. The minimum Gasteiger partial charge on any atom is -0.481 e. The highest BCUT2D eigenvalue weighted by atomic mass is 16.8. The molecule has 7 aliphatic rings. The fourth-order valence-electron chi connectivity index (χ4n) is 13.4. The zero-order valence-electron chi connectivity index (χ0n) is 34.4. The lowest BCUT2D eigenvalue weighted by molar-refractivity contribution is -0.371. The van der Waals surface area contributed by atoms with Gasteiger partial charge in [0.15, 0.2) is 30.6 Å². The highest BCUT2D eigenvalue weighted by Gasteiger charge is 2.71. The van der Waals surface area contributed by atoms with Crippen LogP contribution in [0.3, 0.4) is 0 Å². The second-order valence-electron chi connectivity index (χ2n) is 20.6. The first-order chi connectivity index (χ1) is 26.8. The van der Waals surface area contributed by atoms with Crippen LogP contribution in [-0.4, -0.2) is 132 Å². The van der Waals surface area contributed by atoms with Crippen molar-refractivity contribution in [2.24, 2.45) is 50.2 Å². The molecule has 0 spiro atoms. The first-order valence-electron chi connectivity index (χ1n) is 20.7. The molecule has 2 heterocycles. The Morgan fingerprint density at radius 3 is 1.88 bits per heavy atom. The monoisotopic (exact) mass is 822 g/mol. The van der Waals surface area contributed by atoms with Crippen molar-refractivity contribution in [2.45, 2.75) is 174 Å². The number of aliphatic hydroxyl groups excluding tert-OH is 5. The fourth-order valence-corrected chi connectivity index (χ4v) is 13.4. The molecule has 4 saturated carbocycles. The van der Waals surface area contributed by atoms with Crippen LogP contribution in [-0.2, 0) is 38.1 Å². The third-order valence-electron chi connectivity index (χ3n) is 17.2. The number of aliphatic hydroxyl groups is 5. The van der Waals surface area contributed by atoms with Crippen molar-refractivity contribution in [2.75, 3.05) is 0 Å². The lowest BCUT2D eigenvalue weighted by Crippen LogP contribution is -2.68. The Kier molecular flexibility index (Phi) is 10.7. The number of carboxylic acid groups (broad SMARTS) is 3. The maximum absolute atomic E-state index is 14.8. The van der Waals surface area contributed by atoms with Gasteiger partial charge in [-0.15, -0.1) is 0 Å². The molecule has 2 aliphatic heterocycles. The summed E-state index contributed by atoms with van der Waals surface area (Å²) in [4.78, 5) is 51.3. The molecule has 7 rings (SSSR count). The molecule has 4 unspecified atom stereocenters. The van der Waals surface area contributed by atoms with Gasteiger partial charge in [0.1, 0.15) is 36.6 Å². The largest absolute Gasteiger partial charge is 0.481 e. The van der Waals surface area contributed by atoms with Gasteiger partial charge < -0.3 is 59.8 Å². The molecule has 326 valence electrons. The lowest BCUT2D eigenvalue weighted by atomic mass is 9.33. The molecular formula is C42H62O16. The first-order valence-corrected chi connectivity index (χ1v) is 20.7. The van der Waals surface area contributed by atoms with Crippen molar-refractivity contribution >= 4 is 23.7 Å². The predicted octanol–water partition coefficient (Wildman–Crippen LogP) is 2.25. The van der Waals surface area contributed by atoms with Crippen LogP contribution >= 0.6 is 0 Å². The molecule has 0 aromatic carbocycles. The van der Waals surface area contributed by atoms with Crippen LogP contribution in [0.2, 0.25) is 0 Å². The molecule has 0 aromatic heterocycles. The maximum Gasteiger partial charge on any atom is 0.335 e. The Morgan fingerprint density at radius 1 is 0.690 bits per heavy atom. The van der Waals surface area contributed by atoms with Crippen LogP contribution in [0.25, 0.3) is 0 Å². The van der Waals surface area contributed by atoms with Gasteiger partial charge in [-0.1, -0.05) is 47.1 Å². The molecule has 0 amide bonds. The second-order valence-corrected chi connectivity index (χ2v) is 20.6. The molecule has 6 fully saturated rings. The molecule has 16 nitrogen and oxygen atoms in total. The summed E-state index contributed by atoms with van der Waals surface area (Å²) in [5.41, 5.74) is -1.81. The average molecular weight is 823 g/mol. The summed E-state index contributed by atoms with van der Waals surface area (Å²) in [6.45, 7) is 14.8. The number of hydrogen-bond acceptors (Lipinski definition) is 13. The highest BCUT2D eigenvalue weighted by Crippen LogP contribution is 2.75. The maximum atomic E-state index is 14.8. The zero-order chi connectivity index (χ0) is 42.9. The molecule has 0 radical (unpaired) electrons. The Labute approximate surface area is 337 Å². The van der Waals surface area contributed by atoms with E-state index in [2.05, 4.69) is 27.7 Å².